The number of nitrogens with two attached hydrogens (primary N) is 1. The van der Waals surface area contributed by atoms with Crippen molar-refractivity contribution in [3.8, 4) is 0 Å². The van der Waals surface area contributed by atoms with Crippen LogP contribution in [0.1, 0.15) is 21.6 Å². The predicted molar refractivity (Wildman–Crippen MR) is 70.4 cm³/mol. The van der Waals surface area contributed by atoms with Crippen LogP contribution in [-0.4, -0.2) is 10.9 Å². The van der Waals surface area contributed by atoms with Crippen molar-refractivity contribution < 1.29 is 4.79 Å². The SMILES string of the molecule is Cc1cc(N)c(NC(=O)c2cscn2)cc1C. The molecule has 0 spiro atoms. The molecule has 2 rings (SSSR count). The van der Waals surface area contributed by atoms with E-state index in [0.29, 0.717) is 17.1 Å². The number of benzene rings is 1. The maximum Gasteiger partial charge on any atom is 0.275 e. The number of hydrogen-bond acceptors (Lipinski definition) is 4. The first-order valence-electron chi connectivity index (χ1n) is 5.14. The van der Waals surface area contributed by atoms with Crippen molar-refractivity contribution in [1.29, 1.82) is 0 Å². The maximum atomic E-state index is 11.8. The van der Waals surface area contributed by atoms with Crippen LogP contribution in [0.25, 0.3) is 0 Å². The number of carbonyl (C=O) groups is 1. The van der Waals surface area contributed by atoms with Crippen LogP contribution in [0.4, 0.5) is 11.4 Å². The third kappa shape index (κ3) is 2.45. The van der Waals surface area contributed by atoms with Crippen LogP contribution in [0.3, 0.4) is 0 Å². The van der Waals surface area contributed by atoms with Gasteiger partial charge >= 0.3 is 0 Å². The van der Waals surface area contributed by atoms with E-state index < -0.39 is 0 Å². The summed E-state index contributed by atoms with van der Waals surface area (Å²) in [6.45, 7) is 3.96. The first-order chi connectivity index (χ1) is 8.08. The van der Waals surface area contributed by atoms with Crippen molar-refractivity contribution >= 4 is 28.6 Å². The Morgan fingerprint density at radius 1 is 1.35 bits per heavy atom. The number of rotatable bonds is 2. The topological polar surface area (TPSA) is 68.0 Å². The van der Waals surface area contributed by atoms with Gasteiger partial charge in [-0.15, -0.1) is 11.3 Å². The molecule has 1 heterocycles. The Hall–Kier alpha value is -1.88. The van der Waals surface area contributed by atoms with Gasteiger partial charge in [-0.25, -0.2) is 4.98 Å². The van der Waals surface area contributed by atoms with Crippen LogP contribution in [0.2, 0.25) is 0 Å². The van der Waals surface area contributed by atoms with Crippen LogP contribution in [0.15, 0.2) is 23.0 Å². The Balaban J connectivity index is 2.25. The average molecular weight is 247 g/mol. The molecule has 0 bridgehead atoms. The number of carbonyl (C=O) groups excluding carboxylic acids is 1. The van der Waals surface area contributed by atoms with Gasteiger partial charge in [0, 0.05) is 5.38 Å². The average Bonchev–Trinajstić information content (AvgIpc) is 2.79. The summed E-state index contributed by atoms with van der Waals surface area (Å²) < 4.78 is 0. The molecule has 0 unspecified atom stereocenters. The summed E-state index contributed by atoms with van der Waals surface area (Å²) in [4.78, 5) is 15.7. The van der Waals surface area contributed by atoms with Gasteiger partial charge in [-0.1, -0.05) is 0 Å². The quantitative estimate of drug-likeness (QED) is 0.801. The highest BCUT2D eigenvalue weighted by Gasteiger charge is 2.10. The lowest BCUT2D eigenvalue weighted by atomic mass is 10.1. The van der Waals surface area contributed by atoms with Crippen molar-refractivity contribution in [2.75, 3.05) is 11.1 Å². The Bertz CT molecular complexity index is 549. The molecule has 0 fully saturated rings. The van der Waals surface area contributed by atoms with Crippen LogP contribution in [0.5, 0.6) is 0 Å². The minimum Gasteiger partial charge on any atom is -0.397 e. The fourth-order valence-electron chi connectivity index (χ4n) is 1.46. The smallest absolute Gasteiger partial charge is 0.275 e. The molecule has 1 aromatic carbocycles. The second-order valence-electron chi connectivity index (χ2n) is 3.85. The molecule has 2 aromatic rings. The van der Waals surface area contributed by atoms with E-state index in [-0.39, 0.29) is 5.91 Å². The van der Waals surface area contributed by atoms with Crippen molar-refractivity contribution in [1.82, 2.24) is 4.98 Å². The van der Waals surface area contributed by atoms with E-state index in [9.17, 15) is 4.79 Å². The molecule has 0 saturated heterocycles. The third-order valence-corrected chi connectivity index (χ3v) is 3.17. The van der Waals surface area contributed by atoms with Gasteiger partial charge in [-0.3, -0.25) is 4.79 Å². The lowest BCUT2D eigenvalue weighted by Gasteiger charge is -2.10. The monoisotopic (exact) mass is 247 g/mol. The number of thiazole rings is 1. The molecule has 0 aliphatic carbocycles. The molecular formula is C12H13N3OS. The van der Waals surface area contributed by atoms with Gasteiger partial charge in [0.25, 0.3) is 5.91 Å². The zero-order valence-corrected chi connectivity index (χ0v) is 10.5. The molecule has 88 valence electrons. The van der Waals surface area contributed by atoms with Crippen molar-refractivity contribution in [2.45, 2.75) is 13.8 Å². The summed E-state index contributed by atoms with van der Waals surface area (Å²) in [6, 6.07) is 3.72. The van der Waals surface area contributed by atoms with Gasteiger partial charge in [0.2, 0.25) is 0 Å². The Labute approximate surface area is 103 Å². The Morgan fingerprint density at radius 3 is 2.71 bits per heavy atom. The van der Waals surface area contributed by atoms with E-state index in [1.54, 1.807) is 10.9 Å². The zero-order valence-electron chi connectivity index (χ0n) is 9.65. The number of nitrogen functional groups attached to an aromatic ring is 1. The molecule has 0 saturated carbocycles. The number of amides is 1. The van der Waals surface area contributed by atoms with Crippen molar-refractivity contribution in [3.63, 3.8) is 0 Å². The highest BCUT2D eigenvalue weighted by Crippen LogP contribution is 2.23. The standard InChI is InChI=1S/C12H13N3OS/c1-7-3-9(13)10(4-8(7)2)15-12(16)11-5-17-6-14-11/h3-6H,13H2,1-2H3,(H,15,16). The molecular weight excluding hydrogens is 234 g/mol. The predicted octanol–water partition coefficient (Wildman–Crippen LogP) is 2.59. The van der Waals surface area contributed by atoms with Crippen LogP contribution < -0.4 is 11.1 Å². The molecule has 3 N–H and O–H groups in total. The van der Waals surface area contributed by atoms with Crippen LogP contribution in [-0.2, 0) is 0 Å². The second kappa shape index (κ2) is 4.55. The lowest BCUT2D eigenvalue weighted by molar-refractivity contribution is 0.102. The number of anilines is 2. The summed E-state index contributed by atoms with van der Waals surface area (Å²) in [5, 5.41) is 4.46. The van der Waals surface area contributed by atoms with E-state index in [2.05, 4.69) is 10.3 Å². The molecule has 1 amide bonds. The second-order valence-corrected chi connectivity index (χ2v) is 4.57. The number of aryl methyl sites for hydroxylation is 2. The largest absolute Gasteiger partial charge is 0.397 e. The van der Waals surface area contributed by atoms with Crippen molar-refractivity contribution in [2.24, 2.45) is 0 Å². The molecule has 0 aliphatic rings. The summed E-state index contributed by atoms with van der Waals surface area (Å²) in [7, 11) is 0. The first-order valence-corrected chi connectivity index (χ1v) is 6.08. The summed E-state index contributed by atoms with van der Waals surface area (Å²) in [6.07, 6.45) is 0. The van der Waals surface area contributed by atoms with E-state index in [4.69, 9.17) is 5.73 Å². The summed E-state index contributed by atoms with van der Waals surface area (Å²) in [5.74, 6) is -0.235. The summed E-state index contributed by atoms with van der Waals surface area (Å²) >= 11 is 1.39. The molecule has 0 radical (unpaired) electrons. The minimum atomic E-state index is -0.235. The van der Waals surface area contributed by atoms with E-state index in [1.807, 2.05) is 26.0 Å². The van der Waals surface area contributed by atoms with Gasteiger partial charge < -0.3 is 11.1 Å². The molecule has 0 atom stereocenters. The third-order valence-electron chi connectivity index (χ3n) is 2.58. The number of nitrogens with one attached hydrogen (secondary N) is 1. The zero-order chi connectivity index (χ0) is 12.4. The van der Waals surface area contributed by atoms with Crippen LogP contribution >= 0.6 is 11.3 Å². The normalized spacial score (nSPS) is 10.2. The van der Waals surface area contributed by atoms with Gasteiger partial charge in [-0.05, 0) is 37.1 Å². The molecule has 1 aromatic heterocycles. The van der Waals surface area contributed by atoms with Crippen molar-refractivity contribution in [3.05, 3.63) is 39.8 Å². The molecule has 17 heavy (non-hydrogen) atoms. The lowest BCUT2D eigenvalue weighted by Crippen LogP contribution is -2.13. The fourth-order valence-corrected chi connectivity index (χ4v) is 1.99. The number of aromatic nitrogens is 1. The van der Waals surface area contributed by atoms with Gasteiger partial charge in [0.05, 0.1) is 16.9 Å². The number of nitrogens with zero attached hydrogens (tertiary/aromatic N) is 1. The Morgan fingerprint density at radius 2 is 2.06 bits per heavy atom. The van der Waals surface area contributed by atoms with E-state index in [1.165, 1.54) is 11.3 Å². The molecule has 4 nitrogen and oxygen atoms in total. The molecule has 5 heteroatoms. The highest BCUT2D eigenvalue weighted by molar-refractivity contribution is 7.07. The minimum absolute atomic E-state index is 0.235. The first kappa shape index (κ1) is 11.6. The van der Waals surface area contributed by atoms with Gasteiger partial charge in [0.1, 0.15) is 5.69 Å². The molecule has 0 aliphatic heterocycles. The number of hydrogen-bond donors (Lipinski definition) is 2. The van der Waals surface area contributed by atoms with Crippen LogP contribution in [0, 0.1) is 13.8 Å². The van der Waals surface area contributed by atoms with Gasteiger partial charge in [-0.2, -0.15) is 0 Å². The maximum absolute atomic E-state index is 11.8. The van der Waals surface area contributed by atoms with Gasteiger partial charge in [0.15, 0.2) is 0 Å². The Kier molecular flexibility index (Phi) is 3.10. The van der Waals surface area contributed by atoms with E-state index in [0.717, 1.165) is 11.1 Å². The highest BCUT2D eigenvalue weighted by atomic mass is 32.1. The summed E-state index contributed by atoms with van der Waals surface area (Å²) in [5.41, 5.74) is 11.3. The van der Waals surface area contributed by atoms with E-state index >= 15 is 0 Å². The fraction of sp³-hybridized carbons (Fsp3) is 0.167.